The minimum absolute atomic E-state index is 0.0254. The quantitative estimate of drug-likeness (QED) is 0.0161. The first kappa shape index (κ1) is 109. The van der Waals surface area contributed by atoms with Gasteiger partial charge in [-0.2, -0.15) is 5.26 Å². The summed E-state index contributed by atoms with van der Waals surface area (Å²) in [6.45, 7) is 44.8. The molecular weight excluding hydrogens is 1780 g/mol. The molecule has 0 amide bonds. The second kappa shape index (κ2) is 56.4. The van der Waals surface area contributed by atoms with Crippen LogP contribution in [0.5, 0.6) is 69.0 Å². The minimum atomic E-state index is -0.955. The molecule has 0 aromatic heterocycles. The molecule has 1 aliphatic carbocycles. The van der Waals surface area contributed by atoms with Crippen molar-refractivity contribution in [2.75, 3.05) is 6.61 Å². The number of aryl methyl sites for hydroxylation is 3. The predicted molar refractivity (Wildman–Crippen MR) is 544 cm³/mol. The molecule has 0 unspecified atom stereocenters. The Kier molecular flexibility index (Phi) is 44.0. The maximum atomic E-state index is 14.5. The molecule has 1 N–H and O–H groups in total. The average Bonchev–Trinajstić information content (AvgIpc) is 0.756. The number of halogens is 1. The highest BCUT2D eigenvalue weighted by molar-refractivity contribution is 6.06. The highest BCUT2D eigenvalue weighted by Crippen LogP contribution is 2.48. The summed E-state index contributed by atoms with van der Waals surface area (Å²) in [7, 11) is 0. The minimum Gasteiger partial charge on any atom is -0.504 e. The molecule has 12 rings (SSSR count). The number of nitriles is 1. The summed E-state index contributed by atoms with van der Waals surface area (Å²) in [5.41, 5.74) is 6.74. The van der Waals surface area contributed by atoms with E-state index in [0.717, 1.165) is 144 Å². The lowest BCUT2D eigenvalue weighted by Gasteiger charge is -2.29. The van der Waals surface area contributed by atoms with Crippen LogP contribution in [-0.4, -0.2) is 71.4 Å². The molecule has 1 fully saturated rings. The van der Waals surface area contributed by atoms with E-state index in [4.69, 9.17) is 52.1 Å². The first-order valence-electron chi connectivity index (χ1n) is 46.4. The highest BCUT2D eigenvalue weighted by atomic mass is 19.1. The Bertz CT molecular complexity index is 6500. The van der Waals surface area contributed by atoms with E-state index >= 15 is 0 Å². The summed E-state index contributed by atoms with van der Waals surface area (Å²) in [5, 5.41) is 25.3. The van der Waals surface area contributed by atoms with Gasteiger partial charge in [-0.05, 0) is 183 Å². The van der Waals surface area contributed by atoms with E-state index in [-0.39, 0.29) is 45.1 Å². The zero-order valence-corrected chi connectivity index (χ0v) is 79.9. The van der Waals surface area contributed by atoms with Crippen molar-refractivity contribution in [1.29, 1.82) is 5.26 Å². The van der Waals surface area contributed by atoms with E-state index in [1.54, 1.807) is 42.5 Å². The lowest BCUT2D eigenvalue weighted by Crippen LogP contribution is -2.13. The number of fused-ring (bicyclic) bond motifs is 5. The number of phenols is 1. The Labute approximate surface area is 815 Å². The number of benzene rings is 11. The molecule has 24 heteroatoms. The van der Waals surface area contributed by atoms with Crippen LogP contribution in [0.25, 0.3) is 65.0 Å². The van der Waals surface area contributed by atoms with Gasteiger partial charge in [0.1, 0.15) is 52.1 Å². The topological polar surface area (TPSA) is 316 Å². The average molecular weight is 1900 g/mol. The first-order chi connectivity index (χ1) is 67.6. The van der Waals surface area contributed by atoms with Gasteiger partial charge in [0.05, 0.1) is 17.6 Å². The molecule has 726 valence electrons. The number of carbonyl (C=O) groups is 10. The standard InChI is InChI=1S/C28H34O4.C27H26O4.C24H25NO4.C20H19FO6.C17H14O4/c1-4-7-8-9-10-20-11-13-21(14-12-20)22-15-16-23-24(19-22)26(32-28(30)6-3)18-17-25(23)31-27(29)5-2;1-4-7-8-9-19-10-12-20(13-11-19)21-14-15-22-23(18-21)25(31-27(29)6-3)17-16-24(22)30-26(28)5-2;1-4-7-8-9-10-11-17-12-13-19-20(14-17)21(28-22(26)5-2)15-18(16-25)24(19)29-23(27)6-3;1-4-7-10-25-14-9-8-12-18(19(14)24)15(26-16(22)5-2)11-13(21)20(12)27-17(23)6-3;1-4-16(18)20-14-8-9-15(21-17(19)5-2)13-10-11(3)6-7-12(13)14/h5-6,15-21H,2-4,7-14H2,1H3;5-6,10-18H,2-4,7-9H2,1H3;5-6,12-15H,2-4,7-11H2,1H3;5-6,8-9,11,24H,2-4,7,10H2,1H3;4-10H,1-2H2,3H3. The number of rotatable bonds is 41. The molecule has 140 heavy (non-hydrogen) atoms. The number of aromatic hydroxyl groups is 1. The molecule has 0 atom stereocenters. The Morgan fingerprint density at radius 2 is 0.707 bits per heavy atom. The Hall–Kier alpha value is -16.2. The van der Waals surface area contributed by atoms with E-state index in [1.807, 2.05) is 74.5 Å². The summed E-state index contributed by atoms with van der Waals surface area (Å²) in [4.78, 5) is 116. The molecule has 0 bridgehead atoms. The number of carbonyl (C=O) groups excluding carboxylic acids is 10. The number of esters is 10. The Balaban J connectivity index is 0.000000216. The monoisotopic (exact) mass is 1900 g/mol. The smallest absolute Gasteiger partial charge is 0.335 e. The third-order valence-corrected chi connectivity index (χ3v) is 22.6. The number of nitrogens with zero attached hydrogens (tertiary/aromatic N) is 1. The summed E-state index contributed by atoms with van der Waals surface area (Å²) >= 11 is 0. The van der Waals surface area contributed by atoms with Gasteiger partial charge in [0.15, 0.2) is 28.8 Å². The van der Waals surface area contributed by atoms with Gasteiger partial charge in [0.2, 0.25) is 0 Å². The molecule has 0 aliphatic heterocycles. The van der Waals surface area contributed by atoms with Crippen LogP contribution in [0, 0.1) is 30.0 Å². The van der Waals surface area contributed by atoms with Gasteiger partial charge >= 0.3 is 59.7 Å². The zero-order chi connectivity index (χ0) is 102. The molecule has 0 spiro atoms. The van der Waals surface area contributed by atoms with Crippen molar-refractivity contribution in [3.63, 3.8) is 0 Å². The number of phenolic OH excluding ortho intramolecular Hbond substituents is 1. The van der Waals surface area contributed by atoms with Crippen LogP contribution in [0.3, 0.4) is 0 Å². The summed E-state index contributed by atoms with van der Waals surface area (Å²) in [6.07, 6.45) is 35.2. The van der Waals surface area contributed by atoms with Crippen molar-refractivity contribution in [2.24, 2.45) is 5.92 Å². The second-order valence-electron chi connectivity index (χ2n) is 32.4. The highest BCUT2D eigenvalue weighted by Gasteiger charge is 2.27. The van der Waals surface area contributed by atoms with Crippen molar-refractivity contribution in [3.05, 3.63) is 318 Å². The molecule has 0 saturated heterocycles. The van der Waals surface area contributed by atoms with Gasteiger partial charge in [-0.15, -0.1) is 0 Å². The molecule has 11 aromatic rings. The van der Waals surface area contributed by atoms with Crippen LogP contribution in [0.1, 0.15) is 183 Å². The van der Waals surface area contributed by atoms with Crippen LogP contribution in [0.15, 0.2) is 284 Å². The molecular formula is C116H118FNO22. The number of hydrogen-bond acceptors (Lipinski definition) is 23. The van der Waals surface area contributed by atoms with Crippen molar-refractivity contribution < 1.29 is 110 Å². The maximum Gasteiger partial charge on any atom is 0.335 e. The van der Waals surface area contributed by atoms with Crippen molar-refractivity contribution in [2.45, 2.75) is 175 Å². The third-order valence-electron chi connectivity index (χ3n) is 22.6. The number of hydrogen-bond donors (Lipinski definition) is 1. The van der Waals surface area contributed by atoms with Crippen LogP contribution in [0.4, 0.5) is 4.39 Å². The van der Waals surface area contributed by atoms with E-state index in [1.165, 1.54) is 126 Å². The SMILES string of the molecule is C=CC(=O)Oc1c(F)cc(OC(=O)C=C)c2c(O)c(OCCCC)ccc12.C=CC(=O)Oc1cc(C#N)c(OC(=O)C=C)c2ccc(CCCCCCC)cc12.C=CC(=O)Oc1ccc(OC(=O)C=C)c2cc(-c3ccc(CCCCC)cc3)ccc12.C=CC(=O)Oc1ccc(OC(=O)C=C)c2cc(C)ccc12.C=CC(=O)Oc1ccc(OC(=O)C=C)c2cc(C3CCC(CCCCCC)CC3)ccc12. The predicted octanol–water partition coefficient (Wildman–Crippen LogP) is 26.5. The fraction of sp³-hybridized carbons (Fsp3) is 0.250. The van der Waals surface area contributed by atoms with Crippen molar-refractivity contribution in [3.8, 4) is 86.2 Å². The van der Waals surface area contributed by atoms with Gasteiger partial charge in [-0.1, -0.05) is 243 Å². The van der Waals surface area contributed by atoms with Crippen LogP contribution in [0.2, 0.25) is 0 Å². The summed E-state index contributed by atoms with van der Waals surface area (Å²) in [6, 6.07) is 48.3. The lowest BCUT2D eigenvalue weighted by atomic mass is 9.76. The van der Waals surface area contributed by atoms with Gasteiger partial charge in [0.25, 0.3) is 0 Å². The van der Waals surface area contributed by atoms with Crippen molar-refractivity contribution in [1.82, 2.24) is 0 Å². The number of ether oxygens (including phenoxy) is 11. The van der Waals surface area contributed by atoms with E-state index in [2.05, 4.69) is 123 Å². The molecule has 1 saturated carbocycles. The second-order valence-corrected chi connectivity index (χ2v) is 32.4. The van der Waals surface area contributed by atoms with Gasteiger partial charge < -0.3 is 57.2 Å². The van der Waals surface area contributed by atoms with Gasteiger partial charge in [0, 0.05) is 121 Å². The fourth-order valence-electron chi connectivity index (χ4n) is 15.4. The Morgan fingerprint density at radius 1 is 0.343 bits per heavy atom. The molecule has 23 nitrogen and oxygen atoms in total. The van der Waals surface area contributed by atoms with E-state index < -0.39 is 71.3 Å². The third kappa shape index (κ3) is 31.7. The fourth-order valence-corrected chi connectivity index (χ4v) is 15.4. The summed E-state index contributed by atoms with van der Waals surface area (Å²) < 4.78 is 72.6. The van der Waals surface area contributed by atoms with Crippen LogP contribution in [-0.2, 0) is 60.8 Å². The molecule has 11 aromatic carbocycles. The molecule has 1 aliphatic rings. The van der Waals surface area contributed by atoms with E-state index in [9.17, 15) is 62.7 Å². The lowest BCUT2D eigenvalue weighted by molar-refractivity contribution is -0.130. The largest absolute Gasteiger partial charge is 0.504 e. The first-order valence-corrected chi connectivity index (χ1v) is 46.4. The van der Waals surface area contributed by atoms with Crippen LogP contribution < -0.4 is 52.1 Å². The Morgan fingerprint density at radius 3 is 1.19 bits per heavy atom. The van der Waals surface area contributed by atoms with Gasteiger partial charge in [-0.25, -0.2) is 52.3 Å². The van der Waals surface area contributed by atoms with Gasteiger partial charge in [-0.3, -0.25) is 0 Å². The zero-order valence-electron chi connectivity index (χ0n) is 79.9. The molecule has 0 heterocycles. The summed E-state index contributed by atoms with van der Waals surface area (Å²) in [5.74, 6) is -4.09. The number of unbranched alkanes of at least 4 members (excludes halogenated alkanes) is 10. The van der Waals surface area contributed by atoms with Crippen molar-refractivity contribution >= 4 is 114 Å². The van der Waals surface area contributed by atoms with Crippen LogP contribution >= 0.6 is 0 Å². The van der Waals surface area contributed by atoms with E-state index in [0.29, 0.717) is 79.3 Å². The normalized spacial score (nSPS) is 12.1. The maximum absolute atomic E-state index is 14.5. The molecule has 0 radical (unpaired) electrons.